The summed E-state index contributed by atoms with van der Waals surface area (Å²) in [7, 11) is 1.61. The maximum Gasteiger partial charge on any atom is 0.416 e. The molecule has 0 bridgehead atoms. The van der Waals surface area contributed by atoms with Crippen LogP contribution < -0.4 is 10.1 Å². The van der Waals surface area contributed by atoms with Crippen molar-refractivity contribution in [1.29, 1.82) is 0 Å². The number of aromatic nitrogens is 2. The van der Waals surface area contributed by atoms with Crippen LogP contribution in [0.4, 0.5) is 13.2 Å². The minimum absolute atomic E-state index is 0.115. The number of nitrogens with one attached hydrogen (secondary N) is 1. The van der Waals surface area contributed by atoms with Gasteiger partial charge in [0.1, 0.15) is 5.75 Å². The molecule has 1 unspecified atom stereocenters. The highest BCUT2D eigenvalue weighted by Gasteiger charge is 2.32. The second-order valence-corrected chi connectivity index (χ2v) is 6.55. The third-order valence-corrected chi connectivity index (χ3v) is 4.75. The van der Waals surface area contributed by atoms with Crippen LogP contribution in [0.2, 0.25) is 0 Å². The zero-order chi connectivity index (χ0) is 20.3. The Morgan fingerprint density at radius 3 is 2.43 bits per heavy atom. The first-order valence-corrected chi connectivity index (χ1v) is 8.88. The first kappa shape index (κ1) is 19.9. The molecule has 0 amide bonds. The molecule has 0 aliphatic rings. The summed E-state index contributed by atoms with van der Waals surface area (Å²) in [5.74, 6) is 0.757. The van der Waals surface area contributed by atoms with Gasteiger partial charge in [-0.15, -0.1) is 0 Å². The second kappa shape index (κ2) is 8.06. The van der Waals surface area contributed by atoms with Crippen LogP contribution >= 0.6 is 0 Å². The molecular weight excluding hydrogens is 367 g/mol. The number of hydrogen-bond acceptors (Lipinski definition) is 3. The molecule has 0 saturated heterocycles. The van der Waals surface area contributed by atoms with E-state index in [4.69, 9.17) is 4.74 Å². The largest absolute Gasteiger partial charge is 0.497 e. The molecule has 0 aliphatic carbocycles. The lowest BCUT2D eigenvalue weighted by Gasteiger charge is -2.17. The number of rotatable bonds is 6. The van der Waals surface area contributed by atoms with Crippen molar-refractivity contribution in [2.75, 3.05) is 7.11 Å². The van der Waals surface area contributed by atoms with E-state index in [1.807, 2.05) is 38.1 Å². The zero-order valence-corrected chi connectivity index (χ0v) is 15.9. The van der Waals surface area contributed by atoms with Gasteiger partial charge in [0, 0.05) is 23.8 Å². The molecule has 2 aromatic carbocycles. The average Bonchev–Trinajstić information content (AvgIpc) is 3.07. The van der Waals surface area contributed by atoms with Gasteiger partial charge in [0.05, 0.1) is 24.6 Å². The lowest BCUT2D eigenvalue weighted by molar-refractivity contribution is -0.138. The summed E-state index contributed by atoms with van der Waals surface area (Å²) in [5, 5.41) is 7.61. The minimum Gasteiger partial charge on any atom is -0.497 e. The fourth-order valence-electron chi connectivity index (χ4n) is 3.16. The lowest BCUT2D eigenvalue weighted by atomic mass is 10.1. The molecule has 28 heavy (non-hydrogen) atoms. The van der Waals surface area contributed by atoms with E-state index >= 15 is 0 Å². The summed E-state index contributed by atoms with van der Waals surface area (Å²) in [5.41, 5.74) is 2.36. The number of benzene rings is 2. The maximum atomic E-state index is 13.2. The number of halogens is 3. The Morgan fingerprint density at radius 2 is 1.79 bits per heavy atom. The van der Waals surface area contributed by atoms with Gasteiger partial charge >= 0.3 is 6.18 Å². The van der Waals surface area contributed by atoms with Gasteiger partial charge in [0.25, 0.3) is 0 Å². The van der Waals surface area contributed by atoms with Gasteiger partial charge in [-0.2, -0.15) is 18.3 Å². The van der Waals surface area contributed by atoms with Gasteiger partial charge in [-0.1, -0.05) is 18.2 Å². The van der Waals surface area contributed by atoms with Gasteiger partial charge < -0.3 is 10.1 Å². The van der Waals surface area contributed by atoms with Crippen molar-refractivity contribution in [1.82, 2.24) is 15.1 Å². The van der Waals surface area contributed by atoms with E-state index in [2.05, 4.69) is 10.4 Å². The molecule has 1 atom stereocenters. The standard InChI is InChI=1S/C21H22F3N3O/c1-14(25-12-16-6-4-5-7-20(16)21(22,23)24)19-13-26-27(15(19)2)17-8-10-18(28-3)11-9-17/h4-11,13-14,25H,12H2,1-3H3. The molecule has 0 spiro atoms. The van der Waals surface area contributed by atoms with Crippen molar-refractivity contribution in [3.8, 4) is 11.4 Å². The molecule has 3 rings (SSSR count). The Labute approximate surface area is 162 Å². The summed E-state index contributed by atoms with van der Waals surface area (Å²) in [6.07, 6.45) is -2.62. The highest BCUT2D eigenvalue weighted by Crippen LogP contribution is 2.32. The fourth-order valence-corrected chi connectivity index (χ4v) is 3.16. The van der Waals surface area contributed by atoms with Crippen LogP contribution in [0.15, 0.2) is 54.7 Å². The van der Waals surface area contributed by atoms with Crippen molar-refractivity contribution in [3.05, 3.63) is 77.1 Å². The Hall–Kier alpha value is -2.80. The van der Waals surface area contributed by atoms with Crippen molar-refractivity contribution in [3.63, 3.8) is 0 Å². The number of nitrogens with zero attached hydrogens (tertiary/aromatic N) is 2. The van der Waals surface area contributed by atoms with Gasteiger partial charge in [-0.3, -0.25) is 0 Å². The molecule has 148 valence electrons. The molecule has 1 aromatic heterocycles. The van der Waals surface area contributed by atoms with Crippen molar-refractivity contribution in [2.24, 2.45) is 0 Å². The van der Waals surface area contributed by atoms with E-state index in [0.717, 1.165) is 28.8 Å². The minimum atomic E-state index is -4.36. The van der Waals surface area contributed by atoms with Crippen molar-refractivity contribution < 1.29 is 17.9 Å². The molecule has 1 heterocycles. The van der Waals surface area contributed by atoms with Crippen LogP contribution in [0.5, 0.6) is 5.75 Å². The number of hydrogen-bond donors (Lipinski definition) is 1. The normalized spacial score (nSPS) is 12.8. The molecule has 7 heteroatoms. The summed E-state index contributed by atoms with van der Waals surface area (Å²) in [4.78, 5) is 0. The lowest BCUT2D eigenvalue weighted by Crippen LogP contribution is -2.21. The third kappa shape index (κ3) is 4.20. The van der Waals surface area contributed by atoms with Crippen LogP contribution in [-0.2, 0) is 12.7 Å². The van der Waals surface area contributed by atoms with E-state index in [9.17, 15) is 13.2 Å². The first-order valence-electron chi connectivity index (χ1n) is 8.88. The average molecular weight is 389 g/mol. The Morgan fingerprint density at radius 1 is 1.11 bits per heavy atom. The van der Waals surface area contributed by atoms with Crippen LogP contribution in [0, 0.1) is 6.92 Å². The van der Waals surface area contributed by atoms with E-state index in [-0.39, 0.29) is 18.2 Å². The summed E-state index contributed by atoms with van der Waals surface area (Å²) in [6, 6.07) is 13.0. The summed E-state index contributed by atoms with van der Waals surface area (Å²) in [6.45, 7) is 3.97. The SMILES string of the molecule is COc1ccc(-n2ncc(C(C)NCc3ccccc3C(F)(F)F)c2C)cc1. The third-order valence-electron chi connectivity index (χ3n) is 4.75. The quantitative estimate of drug-likeness (QED) is 0.641. The second-order valence-electron chi connectivity index (χ2n) is 6.55. The van der Waals surface area contributed by atoms with E-state index in [1.54, 1.807) is 24.1 Å². The fraction of sp³-hybridized carbons (Fsp3) is 0.286. The Balaban J connectivity index is 1.76. The van der Waals surface area contributed by atoms with Gasteiger partial charge in [-0.25, -0.2) is 4.68 Å². The predicted octanol–water partition coefficient (Wildman–Crippen LogP) is 5.06. The molecule has 0 aliphatic heterocycles. The molecule has 0 fully saturated rings. The molecule has 4 nitrogen and oxygen atoms in total. The zero-order valence-electron chi connectivity index (χ0n) is 15.9. The maximum absolute atomic E-state index is 13.2. The van der Waals surface area contributed by atoms with Crippen molar-refractivity contribution >= 4 is 0 Å². The van der Waals surface area contributed by atoms with E-state index in [0.29, 0.717) is 0 Å². The molecular formula is C21H22F3N3O. The smallest absolute Gasteiger partial charge is 0.416 e. The monoisotopic (exact) mass is 389 g/mol. The summed E-state index contributed by atoms with van der Waals surface area (Å²) < 4.78 is 46.4. The van der Waals surface area contributed by atoms with Gasteiger partial charge in [-0.05, 0) is 49.7 Å². The topological polar surface area (TPSA) is 39.1 Å². The van der Waals surface area contributed by atoms with Gasteiger partial charge in [0.2, 0.25) is 0 Å². The van der Waals surface area contributed by atoms with Crippen LogP contribution in [0.3, 0.4) is 0 Å². The highest BCUT2D eigenvalue weighted by molar-refractivity contribution is 5.39. The number of alkyl halides is 3. The van der Waals surface area contributed by atoms with Crippen LogP contribution in [0.25, 0.3) is 5.69 Å². The molecule has 0 radical (unpaired) electrons. The molecule has 0 saturated carbocycles. The Kier molecular flexibility index (Phi) is 5.74. The van der Waals surface area contributed by atoms with Crippen LogP contribution in [-0.4, -0.2) is 16.9 Å². The van der Waals surface area contributed by atoms with Gasteiger partial charge in [0.15, 0.2) is 0 Å². The Bertz CT molecular complexity index is 933. The predicted molar refractivity (Wildman–Crippen MR) is 102 cm³/mol. The van der Waals surface area contributed by atoms with E-state index < -0.39 is 11.7 Å². The summed E-state index contributed by atoms with van der Waals surface area (Å²) >= 11 is 0. The van der Waals surface area contributed by atoms with Crippen molar-refractivity contribution in [2.45, 2.75) is 32.6 Å². The van der Waals surface area contributed by atoms with E-state index in [1.165, 1.54) is 12.1 Å². The molecule has 3 aromatic rings. The first-order chi connectivity index (χ1) is 13.3. The highest BCUT2D eigenvalue weighted by atomic mass is 19.4. The number of methoxy groups -OCH3 is 1. The molecule has 1 N–H and O–H groups in total. The number of ether oxygens (including phenoxy) is 1. The van der Waals surface area contributed by atoms with Crippen LogP contribution in [0.1, 0.15) is 35.3 Å².